The van der Waals surface area contributed by atoms with E-state index in [4.69, 9.17) is 16.3 Å². The van der Waals surface area contributed by atoms with E-state index in [-0.39, 0.29) is 12.4 Å². The van der Waals surface area contributed by atoms with Gasteiger partial charge >= 0.3 is 0 Å². The number of ether oxygens (including phenoxy) is 1. The Kier molecular flexibility index (Phi) is 5.49. The predicted octanol–water partition coefficient (Wildman–Crippen LogP) is 3.40. The topological polar surface area (TPSA) is 50.7 Å². The van der Waals surface area contributed by atoms with Crippen molar-refractivity contribution in [2.45, 2.75) is 6.92 Å². The van der Waals surface area contributed by atoms with Gasteiger partial charge in [-0.3, -0.25) is 4.79 Å². The Hall–Kier alpha value is -2.40. The fraction of sp³-hybridized carbons (Fsp3) is 0.125. The van der Waals surface area contributed by atoms with E-state index in [2.05, 4.69) is 10.5 Å². The molecular formula is C16H14ClFN2O2. The fourth-order valence-corrected chi connectivity index (χ4v) is 1.77. The van der Waals surface area contributed by atoms with Crippen LogP contribution in [0.1, 0.15) is 12.5 Å². The molecule has 0 saturated heterocycles. The van der Waals surface area contributed by atoms with Crippen molar-refractivity contribution in [2.75, 3.05) is 6.61 Å². The number of carbonyl (C=O) groups excluding carboxylic acids is 1. The van der Waals surface area contributed by atoms with E-state index in [0.717, 1.165) is 5.56 Å². The lowest BCUT2D eigenvalue weighted by molar-refractivity contribution is -0.123. The highest BCUT2D eigenvalue weighted by atomic mass is 35.5. The average molecular weight is 321 g/mol. The minimum atomic E-state index is -0.433. The van der Waals surface area contributed by atoms with Crippen LogP contribution in [0.25, 0.3) is 0 Å². The standard InChI is InChI=1S/C16H14ClFN2O2/c1-11(12-5-7-13(17)8-6-12)19-20-16(21)10-22-15-4-2-3-14(18)9-15/h2-9H,10H2,1H3,(H,20,21)/b19-11-. The maximum Gasteiger partial charge on any atom is 0.277 e. The van der Waals surface area contributed by atoms with Crippen molar-refractivity contribution in [2.24, 2.45) is 5.10 Å². The van der Waals surface area contributed by atoms with Crippen LogP contribution >= 0.6 is 11.6 Å². The van der Waals surface area contributed by atoms with Crippen LogP contribution < -0.4 is 10.2 Å². The number of hydrogen-bond donors (Lipinski definition) is 1. The summed E-state index contributed by atoms with van der Waals surface area (Å²) < 4.78 is 18.1. The summed E-state index contributed by atoms with van der Waals surface area (Å²) in [6, 6.07) is 12.7. The molecule has 6 heteroatoms. The SMILES string of the molecule is C/C(=N/NC(=O)COc1cccc(F)c1)c1ccc(Cl)cc1. The fourth-order valence-electron chi connectivity index (χ4n) is 1.64. The van der Waals surface area contributed by atoms with E-state index in [0.29, 0.717) is 10.7 Å². The first-order chi connectivity index (χ1) is 10.5. The summed E-state index contributed by atoms with van der Waals surface area (Å²) in [4.78, 5) is 11.6. The molecule has 0 radical (unpaired) electrons. The lowest BCUT2D eigenvalue weighted by atomic mass is 10.1. The molecule has 114 valence electrons. The molecule has 0 saturated carbocycles. The van der Waals surface area contributed by atoms with Crippen LogP contribution in [0.4, 0.5) is 4.39 Å². The van der Waals surface area contributed by atoms with Gasteiger partial charge in [0.05, 0.1) is 5.71 Å². The Morgan fingerprint density at radius 3 is 2.68 bits per heavy atom. The Bertz CT molecular complexity index is 687. The van der Waals surface area contributed by atoms with E-state index in [1.54, 1.807) is 37.3 Å². The van der Waals surface area contributed by atoms with E-state index >= 15 is 0 Å². The number of nitrogens with zero attached hydrogens (tertiary/aromatic N) is 1. The Labute approximate surface area is 132 Å². The number of carbonyl (C=O) groups is 1. The van der Waals surface area contributed by atoms with Crippen LogP contribution in [0.3, 0.4) is 0 Å². The maximum absolute atomic E-state index is 12.9. The lowest BCUT2D eigenvalue weighted by Gasteiger charge is -2.06. The first-order valence-electron chi connectivity index (χ1n) is 6.52. The van der Waals surface area contributed by atoms with Crippen LogP contribution in [-0.2, 0) is 4.79 Å². The minimum Gasteiger partial charge on any atom is -0.484 e. The number of rotatable bonds is 5. The van der Waals surface area contributed by atoms with Gasteiger partial charge in [0.25, 0.3) is 5.91 Å². The molecule has 0 atom stereocenters. The van der Waals surface area contributed by atoms with Crippen molar-refractivity contribution >= 4 is 23.2 Å². The highest BCUT2D eigenvalue weighted by molar-refractivity contribution is 6.30. The van der Waals surface area contributed by atoms with Gasteiger partial charge in [-0.25, -0.2) is 9.82 Å². The van der Waals surface area contributed by atoms with E-state index in [1.807, 2.05) is 0 Å². The summed E-state index contributed by atoms with van der Waals surface area (Å²) in [5.41, 5.74) is 3.86. The molecule has 1 amide bonds. The van der Waals surface area contributed by atoms with Crippen molar-refractivity contribution in [3.05, 3.63) is 64.9 Å². The summed E-state index contributed by atoms with van der Waals surface area (Å²) >= 11 is 5.80. The first-order valence-corrected chi connectivity index (χ1v) is 6.90. The number of amides is 1. The normalized spacial score (nSPS) is 11.1. The van der Waals surface area contributed by atoms with Gasteiger partial charge in [0.15, 0.2) is 6.61 Å². The highest BCUT2D eigenvalue weighted by Crippen LogP contribution is 2.12. The van der Waals surface area contributed by atoms with E-state index in [9.17, 15) is 9.18 Å². The zero-order chi connectivity index (χ0) is 15.9. The van der Waals surface area contributed by atoms with Gasteiger partial charge in [0, 0.05) is 11.1 Å². The van der Waals surface area contributed by atoms with Crippen molar-refractivity contribution < 1.29 is 13.9 Å². The van der Waals surface area contributed by atoms with Gasteiger partial charge in [-0.05, 0) is 36.8 Å². The average Bonchev–Trinajstić information content (AvgIpc) is 2.51. The van der Waals surface area contributed by atoms with Gasteiger partial charge in [0.1, 0.15) is 11.6 Å². The number of halogens is 2. The van der Waals surface area contributed by atoms with Crippen molar-refractivity contribution in [3.63, 3.8) is 0 Å². The number of nitrogens with one attached hydrogen (secondary N) is 1. The number of benzene rings is 2. The van der Waals surface area contributed by atoms with Crippen LogP contribution in [0, 0.1) is 5.82 Å². The minimum absolute atomic E-state index is 0.249. The van der Waals surface area contributed by atoms with E-state index in [1.165, 1.54) is 18.2 Å². The van der Waals surface area contributed by atoms with Gasteiger partial charge < -0.3 is 4.74 Å². The third-order valence-electron chi connectivity index (χ3n) is 2.78. The molecule has 0 bridgehead atoms. The zero-order valence-electron chi connectivity index (χ0n) is 11.8. The number of hydrazone groups is 1. The Morgan fingerprint density at radius 1 is 1.27 bits per heavy atom. The summed E-state index contributed by atoms with van der Waals surface area (Å²) in [6.45, 7) is 1.51. The highest BCUT2D eigenvalue weighted by Gasteiger charge is 2.03. The van der Waals surface area contributed by atoms with Gasteiger partial charge in [-0.2, -0.15) is 5.10 Å². The second-order valence-electron chi connectivity index (χ2n) is 4.49. The van der Waals surface area contributed by atoms with Gasteiger partial charge in [-0.1, -0.05) is 29.8 Å². The first kappa shape index (κ1) is 16.0. The molecule has 0 aromatic heterocycles. The molecule has 0 fully saturated rings. The second kappa shape index (κ2) is 7.56. The lowest BCUT2D eigenvalue weighted by Crippen LogP contribution is -2.25. The third kappa shape index (κ3) is 4.86. The molecule has 0 aliphatic carbocycles. The van der Waals surface area contributed by atoms with Gasteiger partial charge in [-0.15, -0.1) is 0 Å². The van der Waals surface area contributed by atoms with Gasteiger partial charge in [0.2, 0.25) is 0 Å². The maximum atomic E-state index is 12.9. The second-order valence-corrected chi connectivity index (χ2v) is 4.92. The van der Waals surface area contributed by atoms with Crippen molar-refractivity contribution in [1.82, 2.24) is 5.43 Å². The van der Waals surface area contributed by atoms with E-state index < -0.39 is 11.7 Å². The third-order valence-corrected chi connectivity index (χ3v) is 3.03. The van der Waals surface area contributed by atoms with Crippen LogP contribution in [-0.4, -0.2) is 18.2 Å². The zero-order valence-corrected chi connectivity index (χ0v) is 12.6. The molecule has 0 spiro atoms. The molecule has 1 N–H and O–H groups in total. The van der Waals surface area contributed by atoms with Crippen LogP contribution in [0.5, 0.6) is 5.75 Å². The molecule has 0 aliphatic heterocycles. The molecule has 0 heterocycles. The number of hydrogen-bond acceptors (Lipinski definition) is 3. The summed E-state index contributed by atoms with van der Waals surface area (Å²) in [7, 11) is 0. The molecule has 0 aliphatic rings. The van der Waals surface area contributed by atoms with Crippen LogP contribution in [0.2, 0.25) is 5.02 Å². The van der Waals surface area contributed by atoms with Crippen LogP contribution in [0.15, 0.2) is 53.6 Å². The molecule has 2 aromatic rings. The Morgan fingerprint density at radius 2 is 2.00 bits per heavy atom. The molecule has 4 nitrogen and oxygen atoms in total. The molecule has 22 heavy (non-hydrogen) atoms. The smallest absolute Gasteiger partial charge is 0.277 e. The summed E-state index contributed by atoms with van der Waals surface area (Å²) in [6.07, 6.45) is 0. The monoisotopic (exact) mass is 320 g/mol. The van der Waals surface area contributed by atoms with Crippen molar-refractivity contribution in [1.29, 1.82) is 0 Å². The Balaban J connectivity index is 1.86. The quantitative estimate of drug-likeness (QED) is 0.678. The molecule has 2 aromatic carbocycles. The van der Waals surface area contributed by atoms with Crippen molar-refractivity contribution in [3.8, 4) is 5.75 Å². The molecular weight excluding hydrogens is 307 g/mol. The largest absolute Gasteiger partial charge is 0.484 e. The molecule has 2 rings (SSSR count). The summed E-state index contributed by atoms with van der Waals surface area (Å²) in [5, 5.41) is 4.60. The predicted molar refractivity (Wildman–Crippen MR) is 83.7 cm³/mol. The summed E-state index contributed by atoms with van der Waals surface area (Å²) in [5.74, 6) is -0.569. The molecule has 0 unspecified atom stereocenters.